The van der Waals surface area contributed by atoms with Crippen molar-refractivity contribution in [1.82, 2.24) is 0 Å². The number of hydrogen-bond donors (Lipinski definition) is 1. The number of benzene rings is 3. The molecule has 156 valence electrons. The molecule has 1 amide bonds. The van der Waals surface area contributed by atoms with E-state index in [1.165, 1.54) is 0 Å². The van der Waals surface area contributed by atoms with Gasteiger partial charge in [0, 0.05) is 11.3 Å². The van der Waals surface area contributed by atoms with Gasteiger partial charge in [-0.3, -0.25) is 9.59 Å². The van der Waals surface area contributed by atoms with Gasteiger partial charge in [-0.25, -0.2) is 0 Å². The van der Waals surface area contributed by atoms with Crippen LogP contribution < -0.4 is 15.5 Å². The lowest BCUT2D eigenvalue weighted by Crippen LogP contribution is -2.22. The summed E-state index contributed by atoms with van der Waals surface area (Å²) in [5.41, 5.74) is 3.21. The topological polar surface area (TPSA) is 68.5 Å². The number of anilines is 1. The highest BCUT2D eigenvalue weighted by Gasteiger charge is 2.20. The molecule has 0 fully saturated rings. The second-order valence-corrected chi connectivity index (χ2v) is 7.68. The van der Waals surface area contributed by atoms with E-state index >= 15 is 0 Å². The van der Waals surface area contributed by atoms with Gasteiger partial charge in [-0.1, -0.05) is 53.1 Å². The number of fused-ring (bicyclic) bond motifs is 1. The first-order valence-electron chi connectivity index (χ1n) is 9.74. The molecular weight excluding hydrogens is 414 g/mol. The average molecular weight is 434 g/mol. The Morgan fingerprint density at radius 2 is 1.71 bits per heavy atom. The summed E-state index contributed by atoms with van der Waals surface area (Å²) in [5, 5.41) is 3.54. The van der Waals surface area contributed by atoms with E-state index < -0.39 is 5.91 Å². The summed E-state index contributed by atoms with van der Waals surface area (Å²) in [4.78, 5) is 25.7. The Bertz CT molecular complexity index is 1330. The number of aryl methyl sites for hydroxylation is 2. The second kappa shape index (κ2) is 8.66. The lowest BCUT2D eigenvalue weighted by molar-refractivity contribution is -0.118. The van der Waals surface area contributed by atoms with Crippen LogP contribution in [-0.4, -0.2) is 12.5 Å². The maximum Gasteiger partial charge on any atom is 0.262 e. The quantitative estimate of drug-likeness (QED) is 0.435. The summed E-state index contributed by atoms with van der Waals surface area (Å²) in [6, 6.07) is 19.7. The predicted molar refractivity (Wildman–Crippen MR) is 123 cm³/mol. The summed E-state index contributed by atoms with van der Waals surface area (Å²) in [5.74, 6) is -0.252. The van der Waals surface area contributed by atoms with Crippen molar-refractivity contribution in [3.8, 4) is 17.1 Å². The van der Waals surface area contributed by atoms with E-state index in [2.05, 4.69) is 5.32 Å². The molecule has 0 saturated heterocycles. The van der Waals surface area contributed by atoms with E-state index in [0.29, 0.717) is 27.2 Å². The molecule has 0 radical (unpaired) electrons. The minimum absolute atomic E-state index is 0.0507. The summed E-state index contributed by atoms with van der Waals surface area (Å²) in [7, 11) is 0. The van der Waals surface area contributed by atoms with Crippen LogP contribution in [0.15, 0.2) is 75.9 Å². The third kappa shape index (κ3) is 4.47. The Labute approximate surface area is 184 Å². The fourth-order valence-corrected chi connectivity index (χ4v) is 3.44. The standard InChI is InChI=1S/C25H20ClNO4/c1-15-7-10-17(11-8-15)27-22(28)14-30-25-23(29)19-13-16(2)9-12-21(19)31-24(25)18-5-3-4-6-20(18)26/h3-13H,14H2,1-2H3,(H,27,28). The van der Waals surface area contributed by atoms with Gasteiger partial charge in [0.25, 0.3) is 5.91 Å². The van der Waals surface area contributed by atoms with Crippen LogP contribution in [0.5, 0.6) is 5.75 Å². The van der Waals surface area contributed by atoms with Crippen molar-refractivity contribution in [2.24, 2.45) is 0 Å². The van der Waals surface area contributed by atoms with Crippen molar-refractivity contribution >= 4 is 34.2 Å². The lowest BCUT2D eigenvalue weighted by atomic mass is 10.1. The van der Waals surface area contributed by atoms with Crippen LogP contribution in [-0.2, 0) is 4.79 Å². The van der Waals surface area contributed by atoms with Gasteiger partial charge in [-0.2, -0.15) is 0 Å². The van der Waals surface area contributed by atoms with Crippen molar-refractivity contribution in [3.63, 3.8) is 0 Å². The summed E-state index contributed by atoms with van der Waals surface area (Å²) < 4.78 is 11.7. The molecule has 0 saturated carbocycles. The van der Waals surface area contributed by atoms with Gasteiger partial charge in [-0.05, 0) is 50.2 Å². The molecule has 31 heavy (non-hydrogen) atoms. The molecular formula is C25H20ClNO4. The van der Waals surface area contributed by atoms with Gasteiger partial charge >= 0.3 is 0 Å². The number of halogens is 1. The van der Waals surface area contributed by atoms with Crippen molar-refractivity contribution in [2.45, 2.75) is 13.8 Å². The smallest absolute Gasteiger partial charge is 0.262 e. The highest BCUT2D eigenvalue weighted by Crippen LogP contribution is 2.35. The molecule has 1 aromatic heterocycles. The van der Waals surface area contributed by atoms with Crippen LogP contribution >= 0.6 is 11.6 Å². The van der Waals surface area contributed by atoms with E-state index in [1.807, 2.05) is 32.0 Å². The molecule has 3 aromatic carbocycles. The van der Waals surface area contributed by atoms with Crippen molar-refractivity contribution in [2.75, 3.05) is 11.9 Å². The number of rotatable bonds is 5. The zero-order valence-corrected chi connectivity index (χ0v) is 17.8. The second-order valence-electron chi connectivity index (χ2n) is 7.27. The Hall–Kier alpha value is -3.57. The Kier molecular flexibility index (Phi) is 5.78. The number of carbonyl (C=O) groups is 1. The van der Waals surface area contributed by atoms with Crippen LogP contribution in [0.25, 0.3) is 22.3 Å². The maximum absolute atomic E-state index is 13.2. The fraction of sp³-hybridized carbons (Fsp3) is 0.120. The average Bonchev–Trinajstić information content (AvgIpc) is 2.75. The largest absolute Gasteiger partial charge is 0.476 e. The maximum atomic E-state index is 13.2. The number of nitrogens with one attached hydrogen (secondary N) is 1. The molecule has 4 rings (SSSR count). The van der Waals surface area contributed by atoms with Crippen molar-refractivity contribution < 1.29 is 13.9 Å². The normalized spacial score (nSPS) is 10.8. The third-order valence-corrected chi connectivity index (χ3v) is 5.14. The molecule has 6 heteroatoms. The SMILES string of the molecule is Cc1ccc(NC(=O)COc2c(-c3ccccc3Cl)oc3ccc(C)cc3c2=O)cc1. The molecule has 0 spiro atoms. The molecule has 0 aliphatic heterocycles. The van der Waals surface area contributed by atoms with E-state index in [-0.39, 0.29) is 23.5 Å². The molecule has 0 aliphatic carbocycles. The fourth-order valence-electron chi connectivity index (χ4n) is 3.22. The summed E-state index contributed by atoms with van der Waals surface area (Å²) >= 11 is 6.35. The molecule has 1 N–H and O–H groups in total. The third-order valence-electron chi connectivity index (χ3n) is 4.81. The van der Waals surface area contributed by atoms with Gasteiger partial charge in [0.1, 0.15) is 5.58 Å². The first kappa shape index (κ1) is 20.7. The van der Waals surface area contributed by atoms with E-state index in [1.54, 1.807) is 48.5 Å². The van der Waals surface area contributed by atoms with Crippen LogP contribution in [0.3, 0.4) is 0 Å². The van der Waals surface area contributed by atoms with Gasteiger partial charge in [0.2, 0.25) is 11.2 Å². The number of carbonyl (C=O) groups excluding carboxylic acids is 1. The van der Waals surface area contributed by atoms with Gasteiger partial charge < -0.3 is 14.5 Å². The molecule has 0 atom stereocenters. The van der Waals surface area contributed by atoms with E-state index in [9.17, 15) is 9.59 Å². The highest BCUT2D eigenvalue weighted by atomic mass is 35.5. The van der Waals surface area contributed by atoms with Crippen LogP contribution in [0.1, 0.15) is 11.1 Å². The molecule has 0 aliphatic rings. The minimum atomic E-state index is -0.391. The zero-order chi connectivity index (χ0) is 22.0. The van der Waals surface area contributed by atoms with Crippen molar-refractivity contribution in [1.29, 1.82) is 0 Å². The molecule has 4 aromatic rings. The highest BCUT2D eigenvalue weighted by molar-refractivity contribution is 6.33. The summed E-state index contributed by atoms with van der Waals surface area (Å²) in [6.45, 7) is 3.50. The van der Waals surface area contributed by atoms with Crippen molar-refractivity contribution in [3.05, 3.63) is 93.1 Å². The Morgan fingerprint density at radius 1 is 1.00 bits per heavy atom. The molecule has 5 nitrogen and oxygen atoms in total. The Balaban J connectivity index is 1.71. The Morgan fingerprint density at radius 3 is 2.45 bits per heavy atom. The number of hydrogen-bond acceptors (Lipinski definition) is 4. The first-order chi connectivity index (χ1) is 14.9. The van der Waals surface area contributed by atoms with Gasteiger partial charge in [0.15, 0.2) is 12.4 Å². The molecule has 1 heterocycles. The summed E-state index contributed by atoms with van der Waals surface area (Å²) in [6.07, 6.45) is 0. The zero-order valence-electron chi connectivity index (χ0n) is 17.1. The number of amides is 1. The monoisotopic (exact) mass is 433 g/mol. The predicted octanol–water partition coefficient (Wildman–Crippen LogP) is 5.75. The lowest BCUT2D eigenvalue weighted by Gasteiger charge is -2.13. The number of ether oxygens (including phenoxy) is 1. The van der Waals surface area contributed by atoms with Crippen LogP contribution in [0, 0.1) is 13.8 Å². The first-order valence-corrected chi connectivity index (χ1v) is 10.1. The van der Waals surface area contributed by atoms with E-state index in [0.717, 1.165) is 11.1 Å². The van der Waals surface area contributed by atoms with Crippen LogP contribution in [0.4, 0.5) is 5.69 Å². The minimum Gasteiger partial charge on any atom is -0.476 e. The van der Waals surface area contributed by atoms with Gasteiger partial charge in [-0.15, -0.1) is 0 Å². The van der Waals surface area contributed by atoms with Crippen LogP contribution in [0.2, 0.25) is 5.02 Å². The van der Waals surface area contributed by atoms with Gasteiger partial charge in [0.05, 0.1) is 10.4 Å². The molecule has 0 unspecified atom stereocenters. The van der Waals surface area contributed by atoms with E-state index in [4.69, 9.17) is 20.8 Å². The molecule has 0 bridgehead atoms.